The summed E-state index contributed by atoms with van der Waals surface area (Å²) in [6.07, 6.45) is 5.99. The summed E-state index contributed by atoms with van der Waals surface area (Å²) in [5.74, 6) is 1.37. The lowest BCUT2D eigenvalue weighted by Gasteiger charge is -2.17. The van der Waals surface area contributed by atoms with Crippen LogP contribution in [0.2, 0.25) is 0 Å². The van der Waals surface area contributed by atoms with E-state index < -0.39 is 0 Å². The van der Waals surface area contributed by atoms with Gasteiger partial charge in [0.2, 0.25) is 10.3 Å². The van der Waals surface area contributed by atoms with E-state index in [-0.39, 0.29) is 25.0 Å². The van der Waals surface area contributed by atoms with E-state index in [0.717, 1.165) is 40.8 Å². The first-order valence-corrected chi connectivity index (χ1v) is 14.8. The van der Waals surface area contributed by atoms with Crippen LogP contribution in [0.5, 0.6) is 0 Å². The number of allylic oxidation sites excluding steroid dienone is 2. The number of anilines is 2. The molecule has 0 radical (unpaired) electrons. The number of nitrogens with zero attached hydrogens (tertiary/aromatic N) is 4. The number of aromatic nitrogens is 4. The second-order valence-corrected chi connectivity index (χ2v) is 11.9. The van der Waals surface area contributed by atoms with Crippen LogP contribution in [0.25, 0.3) is 0 Å². The molecule has 0 aliphatic heterocycles. The normalized spacial score (nSPS) is 15.1. The third-order valence-corrected chi connectivity index (χ3v) is 8.45. The molecule has 1 unspecified atom stereocenters. The van der Waals surface area contributed by atoms with Crippen LogP contribution in [0, 0.1) is 5.92 Å². The molecule has 0 saturated carbocycles. The summed E-state index contributed by atoms with van der Waals surface area (Å²) in [6, 6.07) is 6.88. The fourth-order valence-electron chi connectivity index (χ4n) is 3.75. The number of carbonyl (C=O) groups is 2. The van der Waals surface area contributed by atoms with Crippen molar-refractivity contribution in [2.75, 3.05) is 28.7 Å². The molecule has 4 rings (SSSR count). The highest BCUT2D eigenvalue weighted by Crippen LogP contribution is 2.25. The predicted octanol–water partition coefficient (Wildman–Crippen LogP) is 3.48. The fourth-order valence-corrected chi connectivity index (χ4v) is 6.36. The first-order valence-electron chi connectivity index (χ1n) is 12.0. The molecule has 2 amide bonds. The Labute approximate surface area is 232 Å². The monoisotopic (exact) mass is 572 g/mol. The first kappa shape index (κ1) is 28.0. The van der Waals surface area contributed by atoms with Crippen LogP contribution in [0.3, 0.4) is 0 Å². The van der Waals surface area contributed by atoms with E-state index in [4.69, 9.17) is 0 Å². The molecule has 0 bridgehead atoms. The molecule has 1 atom stereocenters. The average molecular weight is 573 g/mol. The van der Waals surface area contributed by atoms with E-state index in [9.17, 15) is 19.8 Å². The summed E-state index contributed by atoms with van der Waals surface area (Å²) in [4.78, 5) is 25.1. The average Bonchev–Trinajstić information content (AvgIpc) is 3.57. The molecule has 38 heavy (non-hydrogen) atoms. The van der Waals surface area contributed by atoms with Gasteiger partial charge in [0.1, 0.15) is 10.0 Å². The van der Waals surface area contributed by atoms with Crippen molar-refractivity contribution in [3.05, 3.63) is 68.7 Å². The van der Waals surface area contributed by atoms with Crippen molar-refractivity contribution in [2.24, 2.45) is 5.92 Å². The molecule has 2 aromatic heterocycles. The Morgan fingerprint density at radius 3 is 2.21 bits per heavy atom. The van der Waals surface area contributed by atoms with Gasteiger partial charge >= 0.3 is 0 Å². The van der Waals surface area contributed by atoms with Crippen LogP contribution >= 0.6 is 34.4 Å². The minimum absolute atomic E-state index is 0.172. The molecule has 4 N–H and O–H groups in total. The van der Waals surface area contributed by atoms with E-state index in [0.29, 0.717) is 38.5 Å². The smallest absolute Gasteiger partial charge is 0.257 e. The van der Waals surface area contributed by atoms with Gasteiger partial charge in [-0.15, -0.1) is 20.4 Å². The largest absolute Gasteiger partial charge is 0.392 e. The summed E-state index contributed by atoms with van der Waals surface area (Å²) in [7, 11) is 0. The summed E-state index contributed by atoms with van der Waals surface area (Å²) in [5, 5.41) is 43.5. The fraction of sp³-hybridized carbons (Fsp3) is 0.360. The van der Waals surface area contributed by atoms with Crippen molar-refractivity contribution < 1.29 is 19.8 Å². The highest BCUT2D eigenvalue weighted by atomic mass is 32.2. The van der Waals surface area contributed by atoms with E-state index in [2.05, 4.69) is 31.0 Å². The molecular weight excluding hydrogens is 545 g/mol. The number of benzene rings is 1. The zero-order chi connectivity index (χ0) is 26.9. The molecule has 0 fully saturated rings. The van der Waals surface area contributed by atoms with Crippen molar-refractivity contribution in [3.63, 3.8) is 0 Å². The number of hydrogen-bond acceptors (Lipinski definition) is 11. The zero-order valence-corrected chi connectivity index (χ0v) is 23.2. The van der Waals surface area contributed by atoms with Crippen molar-refractivity contribution in [1.82, 2.24) is 20.4 Å². The Bertz CT molecular complexity index is 1340. The number of hydrogen-bond donors (Lipinski definition) is 4. The van der Waals surface area contributed by atoms with E-state index in [1.165, 1.54) is 22.7 Å². The van der Waals surface area contributed by atoms with Crippen LogP contribution in [-0.2, 0) is 24.2 Å². The van der Waals surface area contributed by atoms with Gasteiger partial charge in [-0.2, -0.15) is 11.8 Å². The lowest BCUT2D eigenvalue weighted by atomic mass is 9.91. The van der Waals surface area contributed by atoms with Crippen molar-refractivity contribution in [2.45, 2.75) is 32.8 Å². The zero-order valence-electron chi connectivity index (χ0n) is 20.7. The number of aliphatic hydroxyl groups excluding tert-OH is 2. The molecule has 3 aromatic rings. The predicted molar refractivity (Wildman–Crippen MR) is 151 cm³/mol. The summed E-state index contributed by atoms with van der Waals surface area (Å²) >= 11 is 4.43. The molecular formula is C25H28N6O4S3. The molecule has 13 heteroatoms. The lowest BCUT2D eigenvalue weighted by Crippen LogP contribution is -2.19. The second-order valence-electron chi connectivity index (χ2n) is 8.52. The van der Waals surface area contributed by atoms with Gasteiger partial charge in [-0.25, -0.2) is 0 Å². The number of amides is 2. The minimum atomic E-state index is -0.324. The van der Waals surface area contributed by atoms with Crippen LogP contribution in [-0.4, -0.2) is 60.5 Å². The molecule has 10 nitrogen and oxygen atoms in total. The molecule has 2 heterocycles. The Balaban J connectivity index is 1.17. The Hall–Kier alpha value is -2.97. The molecule has 0 saturated heterocycles. The van der Waals surface area contributed by atoms with Crippen LogP contribution in [0.15, 0.2) is 47.6 Å². The number of nitrogens with one attached hydrogen (secondary N) is 2. The van der Waals surface area contributed by atoms with E-state index in [1.54, 1.807) is 36.0 Å². The second kappa shape index (κ2) is 13.7. The highest BCUT2D eigenvalue weighted by molar-refractivity contribution is 7.99. The van der Waals surface area contributed by atoms with Crippen LogP contribution in [0.1, 0.15) is 39.3 Å². The third-order valence-electron chi connectivity index (χ3n) is 5.67. The number of carbonyl (C=O) groups excluding carboxylic acids is 2. The minimum Gasteiger partial charge on any atom is -0.392 e. The Morgan fingerprint density at radius 1 is 0.947 bits per heavy atom. The van der Waals surface area contributed by atoms with Crippen molar-refractivity contribution in [3.8, 4) is 0 Å². The number of thioether (sulfide) groups is 1. The molecule has 200 valence electrons. The number of rotatable bonds is 12. The van der Waals surface area contributed by atoms with Crippen LogP contribution < -0.4 is 10.6 Å². The standard InChI is InChI=1S/C25H28N6O4S3/c1-15-6-7-19(17(12-15)14-33)23(35)27-25-31-29-21(38-25)9-11-36-10-8-20-28-30-24(37-20)26-22(34)18-5-3-2-4-16(18)13-32/h2-5,7,12,15,32-33H,6,8-11,13-14H2,1H3,(H,26,30,34)(H,27,31,35). The van der Waals surface area contributed by atoms with Gasteiger partial charge in [0.15, 0.2) is 0 Å². The first-order chi connectivity index (χ1) is 18.5. The van der Waals surface area contributed by atoms with Gasteiger partial charge in [-0.05, 0) is 41.0 Å². The topological polar surface area (TPSA) is 150 Å². The van der Waals surface area contributed by atoms with Gasteiger partial charge in [0, 0.05) is 24.0 Å². The lowest BCUT2D eigenvalue weighted by molar-refractivity contribution is -0.112. The van der Waals surface area contributed by atoms with E-state index in [1.807, 2.05) is 19.1 Å². The molecule has 0 spiro atoms. The summed E-state index contributed by atoms with van der Waals surface area (Å²) in [6.45, 7) is 1.66. The van der Waals surface area contributed by atoms with Gasteiger partial charge in [-0.1, -0.05) is 59.9 Å². The quantitative estimate of drug-likeness (QED) is 0.239. The third kappa shape index (κ3) is 7.54. The van der Waals surface area contributed by atoms with Crippen molar-refractivity contribution in [1.29, 1.82) is 0 Å². The highest BCUT2D eigenvalue weighted by Gasteiger charge is 2.20. The maximum atomic E-state index is 12.6. The summed E-state index contributed by atoms with van der Waals surface area (Å²) in [5.41, 5.74) is 2.10. The maximum Gasteiger partial charge on any atom is 0.257 e. The molecule has 1 aliphatic carbocycles. The Kier molecular flexibility index (Phi) is 10.1. The molecule has 1 aliphatic rings. The maximum absolute atomic E-state index is 12.6. The van der Waals surface area contributed by atoms with Gasteiger partial charge in [-0.3, -0.25) is 20.2 Å². The van der Waals surface area contributed by atoms with Crippen molar-refractivity contribution >= 4 is 56.5 Å². The molecule has 1 aromatic carbocycles. The van der Waals surface area contributed by atoms with Crippen LogP contribution in [0.4, 0.5) is 10.3 Å². The summed E-state index contributed by atoms with van der Waals surface area (Å²) < 4.78 is 0. The number of aryl methyl sites for hydroxylation is 2. The van der Waals surface area contributed by atoms with Gasteiger partial charge in [0.25, 0.3) is 11.8 Å². The van der Waals surface area contributed by atoms with Gasteiger partial charge < -0.3 is 10.2 Å². The SMILES string of the molecule is CC1C=C(CO)C(C(=O)Nc2nnc(CCSCCc3nnc(NC(=O)c4ccccc4CO)s3)s2)=CC1. The van der Waals surface area contributed by atoms with Gasteiger partial charge in [0.05, 0.1) is 13.2 Å². The van der Waals surface area contributed by atoms with E-state index >= 15 is 0 Å². The number of aliphatic hydroxyl groups is 2. The Morgan fingerprint density at radius 2 is 1.58 bits per heavy atom.